The molecule has 2 unspecified atom stereocenters. The van der Waals surface area contributed by atoms with Crippen molar-refractivity contribution in [1.82, 2.24) is 4.72 Å². The van der Waals surface area contributed by atoms with Gasteiger partial charge in [-0.05, 0) is 31.0 Å². The van der Waals surface area contributed by atoms with E-state index in [-0.39, 0.29) is 12.7 Å². The van der Waals surface area contributed by atoms with E-state index in [0.717, 1.165) is 0 Å². The number of sulfonamides is 1. The Morgan fingerprint density at radius 2 is 1.86 bits per heavy atom. The van der Waals surface area contributed by atoms with Crippen LogP contribution in [-0.2, 0) is 16.2 Å². The second kappa shape index (κ2) is 6.29. The molecule has 2 atom stereocenters. The van der Waals surface area contributed by atoms with Gasteiger partial charge in [-0.15, -0.1) is 0 Å². The molecule has 0 bridgehead atoms. The zero-order valence-electron chi connectivity index (χ0n) is 11.3. The predicted octanol–water partition coefficient (Wildman–Crippen LogP) is 2.14. The van der Waals surface area contributed by atoms with Crippen LogP contribution < -0.4 is 4.72 Å². The second-order valence-electron chi connectivity index (χ2n) is 4.71. The highest BCUT2D eigenvalue weighted by Crippen LogP contribution is 2.34. The minimum absolute atomic E-state index is 0.134. The van der Waals surface area contributed by atoms with Gasteiger partial charge in [-0.3, -0.25) is 0 Å². The minimum atomic E-state index is -5.00. The summed E-state index contributed by atoms with van der Waals surface area (Å²) in [5, 5.41) is 8.93. The maximum atomic E-state index is 13.0. The summed E-state index contributed by atoms with van der Waals surface area (Å²) >= 11 is 0. The molecule has 1 aromatic carbocycles. The molecule has 0 radical (unpaired) electrons. The molecule has 0 saturated carbocycles. The van der Waals surface area contributed by atoms with E-state index >= 15 is 0 Å². The molecule has 0 aromatic heterocycles. The Morgan fingerprint density at radius 3 is 2.33 bits per heavy atom. The van der Waals surface area contributed by atoms with Gasteiger partial charge in [0.1, 0.15) is 5.82 Å². The van der Waals surface area contributed by atoms with Crippen LogP contribution in [0.4, 0.5) is 17.6 Å². The molecule has 0 heterocycles. The highest BCUT2D eigenvalue weighted by Gasteiger charge is 2.38. The van der Waals surface area contributed by atoms with E-state index in [2.05, 4.69) is 0 Å². The highest BCUT2D eigenvalue weighted by atomic mass is 32.2. The molecular formula is C12H15F4NO3S. The molecule has 9 heteroatoms. The summed E-state index contributed by atoms with van der Waals surface area (Å²) in [7, 11) is -4.49. The zero-order valence-corrected chi connectivity index (χ0v) is 12.1. The predicted molar refractivity (Wildman–Crippen MR) is 67.4 cm³/mol. The van der Waals surface area contributed by atoms with Crippen molar-refractivity contribution in [2.24, 2.45) is 5.92 Å². The van der Waals surface area contributed by atoms with Gasteiger partial charge in [0.2, 0.25) is 10.0 Å². The molecule has 21 heavy (non-hydrogen) atoms. The van der Waals surface area contributed by atoms with Gasteiger partial charge < -0.3 is 5.11 Å². The van der Waals surface area contributed by atoms with Crippen molar-refractivity contribution in [1.29, 1.82) is 0 Å². The van der Waals surface area contributed by atoms with Gasteiger partial charge in [0.25, 0.3) is 0 Å². The first-order chi connectivity index (χ1) is 9.49. The Balaban J connectivity index is 3.26. The highest BCUT2D eigenvalue weighted by molar-refractivity contribution is 7.89. The van der Waals surface area contributed by atoms with E-state index in [1.807, 2.05) is 4.72 Å². The molecule has 0 aliphatic rings. The Kier molecular flexibility index (Phi) is 5.35. The average Bonchev–Trinajstić information content (AvgIpc) is 2.35. The zero-order chi connectivity index (χ0) is 16.4. The number of aliphatic hydroxyl groups is 1. The first-order valence-electron chi connectivity index (χ1n) is 5.99. The van der Waals surface area contributed by atoms with E-state index < -0.39 is 44.4 Å². The Morgan fingerprint density at radius 1 is 1.29 bits per heavy atom. The van der Waals surface area contributed by atoms with Gasteiger partial charge in [-0.2, -0.15) is 13.2 Å². The molecule has 4 nitrogen and oxygen atoms in total. The van der Waals surface area contributed by atoms with E-state index in [9.17, 15) is 26.0 Å². The summed E-state index contributed by atoms with van der Waals surface area (Å²) in [5.74, 6) is -1.67. The van der Waals surface area contributed by atoms with Gasteiger partial charge in [0.05, 0.1) is 10.5 Å². The topological polar surface area (TPSA) is 66.4 Å². The number of nitrogens with one attached hydrogen (secondary N) is 1. The number of hydrogen-bond acceptors (Lipinski definition) is 3. The van der Waals surface area contributed by atoms with Crippen LogP contribution >= 0.6 is 0 Å². The van der Waals surface area contributed by atoms with Crippen LogP contribution in [0.3, 0.4) is 0 Å². The van der Waals surface area contributed by atoms with Crippen LogP contribution in [0.25, 0.3) is 0 Å². The lowest BCUT2D eigenvalue weighted by molar-refractivity contribution is -0.140. The summed E-state index contributed by atoms with van der Waals surface area (Å²) < 4.78 is 77.5. The van der Waals surface area contributed by atoms with Gasteiger partial charge in [-0.25, -0.2) is 17.5 Å². The van der Waals surface area contributed by atoms with Gasteiger partial charge >= 0.3 is 6.18 Å². The molecule has 0 aliphatic carbocycles. The number of rotatable bonds is 5. The van der Waals surface area contributed by atoms with Crippen LogP contribution in [-0.4, -0.2) is 26.2 Å². The lowest BCUT2D eigenvalue weighted by atomic mass is 10.1. The van der Waals surface area contributed by atoms with E-state index in [1.165, 1.54) is 13.8 Å². The number of benzene rings is 1. The third kappa shape index (κ3) is 4.39. The molecule has 0 spiro atoms. The van der Waals surface area contributed by atoms with Crippen LogP contribution in [0.5, 0.6) is 0 Å². The summed E-state index contributed by atoms with van der Waals surface area (Å²) in [6, 6.07) is 0.557. The number of aliphatic hydroxyl groups excluding tert-OH is 1. The minimum Gasteiger partial charge on any atom is -0.396 e. The molecule has 0 aliphatic heterocycles. The van der Waals surface area contributed by atoms with Crippen molar-refractivity contribution >= 4 is 10.0 Å². The van der Waals surface area contributed by atoms with Crippen LogP contribution in [0.2, 0.25) is 0 Å². The Bertz CT molecular complexity index is 601. The van der Waals surface area contributed by atoms with E-state index in [0.29, 0.717) is 12.1 Å². The summed E-state index contributed by atoms with van der Waals surface area (Å²) in [6.07, 6.45) is -5.00. The van der Waals surface area contributed by atoms with Gasteiger partial charge in [-0.1, -0.05) is 6.92 Å². The first-order valence-corrected chi connectivity index (χ1v) is 7.47. The smallest absolute Gasteiger partial charge is 0.396 e. The summed E-state index contributed by atoms with van der Waals surface area (Å²) in [6.45, 7) is 2.61. The van der Waals surface area contributed by atoms with Gasteiger partial charge in [0, 0.05) is 12.6 Å². The van der Waals surface area contributed by atoms with Crippen molar-refractivity contribution in [2.75, 3.05) is 6.61 Å². The molecule has 0 saturated heterocycles. The van der Waals surface area contributed by atoms with Crippen LogP contribution in [0.15, 0.2) is 23.1 Å². The maximum Gasteiger partial charge on any atom is 0.417 e. The van der Waals surface area contributed by atoms with Crippen molar-refractivity contribution in [2.45, 2.75) is 31.0 Å². The van der Waals surface area contributed by atoms with E-state index in [1.54, 1.807) is 0 Å². The SMILES string of the molecule is CC(CO)C(C)NS(=O)(=O)c1ccc(F)cc1C(F)(F)F. The fraction of sp³-hybridized carbons (Fsp3) is 0.500. The molecule has 120 valence electrons. The molecule has 1 aromatic rings. The molecule has 1 rings (SSSR count). The lowest BCUT2D eigenvalue weighted by Crippen LogP contribution is -2.39. The van der Waals surface area contributed by atoms with Crippen molar-refractivity contribution in [3.8, 4) is 0 Å². The first kappa shape index (κ1) is 17.9. The summed E-state index contributed by atoms with van der Waals surface area (Å²) in [5.41, 5.74) is -1.57. The number of alkyl halides is 3. The third-order valence-corrected chi connectivity index (χ3v) is 4.64. The largest absolute Gasteiger partial charge is 0.417 e. The normalized spacial score (nSPS) is 15.8. The molecule has 2 N–H and O–H groups in total. The maximum absolute atomic E-state index is 13.0. The van der Waals surface area contributed by atoms with Crippen molar-refractivity contribution < 1.29 is 31.1 Å². The quantitative estimate of drug-likeness (QED) is 0.814. The Labute approximate surface area is 119 Å². The van der Waals surface area contributed by atoms with Crippen LogP contribution in [0, 0.1) is 11.7 Å². The van der Waals surface area contributed by atoms with Crippen LogP contribution in [0.1, 0.15) is 19.4 Å². The standard InChI is InChI=1S/C12H15F4NO3S/c1-7(6-18)8(2)17-21(19,20)11-4-3-9(13)5-10(11)12(14,15)16/h3-5,7-8,17-18H,6H2,1-2H3. The van der Waals surface area contributed by atoms with Gasteiger partial charge in [0.15, 0.2) is 0 Å². The number of halogens is 4. The third-order valence-electron chi connectivity index (χ3n) is 3.02. The average molecular weight is 329 g/mol. The Hall–Kier alpha value is -1.19. The molecular weight excluding hydrogens is 314 g/mol. The fourth-order valence-corrected chi connectivity index (χ4v) is 3.10. The summed E-state index contributed by atoms with van der Waals surface area (Å²) in [4.78, 5) is -1.05. The second-order valence-corrected chi connectivity index (χ2v) is 6.39. The molecule has 0 amide bonds. The molecule has 0 fully saturated rings. The number of hydrogen-bond donors (Lipinski definition) is 2. The van der Waals surface area contributed by atoms with Crippen molar-refractivity contribution in [3.63, 3.8) is 0 Å². The monoisotopic (exact) mass is 329 g/mol. The lowest BCUT2D eigenvalue weighted by Gasteiger charge is -2.21. The fourth-order valence-electron chi connectivity index (χ4n) is 1.54. The van der Waals surface area contributed by atoms with Crippen molar-refractivity contribution in [3.05, 3.63) is 29.6 Å². The van der Waals surface area contributed by atoms with E-state index in [4.69, 9.17) is 5.11 Å².